The fourth-order valence-electron chi connectivity index (χ4n) is 3.20. The highest BCUT2D eigenvalue weighted by molar-refractivity contribution is 6.42. The first-order chi connectivity index (χ1) is 15.8. The van der Waals surface area contributed by atoms with Gasteiger partial charge in [-0.05, 0) is 59.2 Å². The zero-order valence-corrected chi connectivity index (χ0v) is 20.0. The summed E-state index contributed by atoms with van der Waals surface area (Å²) in [7, 11) is 0. The molecule has 1 aliphatic heterocycles. The lowest BCUT2D eigenvalue weighted by Gasteiger charge is -2.16. The maximum atomic E-state index is 12.4. The molecular formula is C24H16Cl4N2O3. The van der Waals surface area contributed by atoms with E-state index in [0.717, 1.165) is 16.7 Å². The number of hydrogen-bond acceptors (Lipinski definition) is 3. The van der Waals surface area contributed by atoms with Crippen molar-refractivity contribution in [1.82, 2.24) is 10.2 Å². The molecule has 3 aromatic carbocycles. The summed E-state index contributed by atoms with van der Waals surface area (Å²) in [6, 6.07) is 17.0. The van der Waals surface area contributed by atoms with Crippen LogP contribution in [0.25, 0.3) is 6.08 Å². The highest BCUT2D eigenvalue weighted by Crippen LogP contribution is 2.27. The first kappa shape index (κ1) is 23.5. The molecule has 3 aromatic rings. The van der Waals surface area contributed by atoms with Crippen LogP contribution >= 0.6 is 46.4 Å². The summed E-state index contributed by atoms with van der Waals surface area (Å²) in [6.45, 7) is 0.497. The Morgan fingerprint density at radius 1 is 0.788 bits per heavy atom. The largest absolute Gasteiger partial charge is 0.489 e. The number of benzene rings is 3. The standard InChI is InChI=1S/C24H16Cl4N2O3/c25-18-7-3-15(9-20(18)27)12-30-22(23(31)29-24(30)32)11-14-1-5-17(6-2-14)33-13-16-4-8-19(26)21(28)10-16/h1-11H,12-13H2,(H,29,31,32)/b22-11+. The van der Waals surface area contributed by atoms with Crippen LogP contribution in [0.2, 0.25) is 20.1 Å². The Kier molecular flexibility index (Phi) is 7.15. The lowest BCUT2D eigenvalue weighted by molar-refractivity contribution is -0.116. The van der Waals surface area contributed by atoms with E-state index in [0.29, 0.717) is 32.4 Å². The van der Waals surface area contributed by atoms with Gasteiger partial charge in [-0.1, -0.05) is 70.7 Å². The zero-order chi connectivity index (χ0) is 23.5. The maximum Gasteiger partial charge on any atom is 0.329 e. The molecule has 168 valence electrons. The zero-order valence-electron chi connectivity index (χ0n) is 16.9. The van der Waals surface area contributed by atoms with Crippen LogP contribution in [0.1, 0.15) is 16.7 Å². The third-order valence-corrected chi connectivity index (χ3v) is 6.36. The summed E-state index contributed by atoms with van der Waals surface area (Å²) in [6.07, 6.45) is 1.64. The Balaban J connectivity index is 1.47. The first-order valence-corrected chi connectivity index (χ1v) is 11.3. The van der Waals surface area contributed by atoms with Gasteiger partial charge in [-0.2, -0.15) is 0 Å². The molecule has 0 aromatic heterocycles. The molecule has 1 aliphatic rings. The van der Waals surface area contributed by atoms with Gasteiger partial charge in [0.15, 0.2) is 0 Å². The fraction of sp³-hybridized carbons (Fsp3) is 0.0833. The summed E-state index contributed by atoms with van der Waals surface area (Å²) in [5, 5.41) is 4.06. The van der Waals surface area contributed by atoms with Crippen LogP contribution in [-0.2, 0) is 17.9 Å². The molecule has 0 radical (unpaired) electrons. The second-order valence-electron chi connectivity index (χ2n) is 7.23. The van der Waals surface area contributed by atoms with Gasteiger partial charge in [0, 0.05) is 0 Å². The lowest BCUT2D eigenvalue weighted by atomic mass is 10.1. The lowest BCUT2D eigenvalue weighted by Crippen LogP contribution is -2.27. The van der Waals surface area contributed by atoms with Crippen LogP contribution in [0.15, 0.2) is 66.4 Å². The fourth-order valence-corrected chi connectivity index (χ4v) is 3.84. The number of nitrogens with one attached hydrogen (secondary N) is 1. The quantitative estimate of drug-likeness (QED) is 0.281. The normalized spacial score (nSPS) is 14.7. The second-order valence-corrected chi connectivity index (χ2v) is 8.86. The van der Waals surface area contributed by atoms with Gasteiger partial charge in [-0.15, -0.1) is 0 Å². The first-order valence-electron chi connectivity index (χ1n) is 9.75. The summed E-state index contributed by atoms with van der Waals surface area (Å²) in [5.74, 6) is 0.169. The van der Waals surface area contributed by atoms with Gasteiger partial charge in [0.1, 0.15) is 18.1 Å². The number of ether oxygens (including phenoxy) is 1. The maximum absolute atomic E-state index is 12.4. The minimum atomic E-state index is -0.501. The molecule has 0 bridgehead atoms. The molecule has 0 aliphatic carbocycles. The van der Waals surface area contributed by atoms with Gasteiger partial charge in [0.2, 0.25) is 0 Å². The van der Waals surface area contributed by atoms with Gasteiger partial charge in [0.25, 0.3) is 5.91 Å². The molecule has 3 amide bonds. The Hall–Kier alpha value is -2.70. The van der Waals surface area contributed by atoms with Crippen LogP contribution in [0, 0.1) is 0 Å². The van der Waals surface area contributed by atoms with E-state index in [1.54, 1.807) is 60.7 Å². The summed E-state index contributed by atoms with van der Waals surface area (Å²) >= 11 is 24.0. The molecule has 0 unspecified atom stereocenters. The highest BCUT2D eigenvalue weighted by atomic mass is 35.5. The number of halogens is 4. The van der Waals surface area contributed by atoms with Crippen molar-refractivity contribution in [3.8, 4) is 5.75 Å². The topological polar surface area (TPSA) is 58.6 Å². The van der Waals surface area contributed by atoms with E-state index in [1.165, 1.54) is 4.90 Å². The van der Waals surface area contributed by atoms with Crippen LogP contribution in [0.5, 0.6) is 5.75 Å². The van der Waals surface area contributed by atoms with Gasteiger partial charge in [0.05, 0.1) is 26.6 Å². The van der Waals surface area contributed by atoms with Crippen LogP contribution in [-0.4, -0.2) is 16.8 Å². The molecule has 1 fully saturated rings. The predicted octanol–water partition coefficient (Wildman–Crippen LogP) is 6.97. The van der Waals surface area contributed by atoms with Crippen molar-refractivity contribution in [3.05, 3.63) is 103 Å². The Bertz CT molecular complexity index is 1260. The average molecular weight is 522 g/mol. The molecule has 4 rings (SSSR count). The smallest absolute Gasteiger partial charge is 0.329 e. The number of carbonyl (C=O) groups excluding carboxylic acids is 2. The van der Waals surface area contributed by atoms with Crippen molar-refractivity contribution < 1.29 is 14.3 Å². The number of hydrogen-bond donors (Lipinski definition) is 1. The molecule has 1 N–H and O–H groups in total. The van der Waals surface area contributed by atoms with E-state index in [2.05, 4.69) is 5.32 Å². The minimum absolute atomic E-state index is 0.172. The number of nitrogens with zero attached hydrogens (tertiary/aromatic N) is 1. The van der Waals surface area contributed by atoms with Gasteiger partial charge in [-0.25, -0.2) is 4.79 Å². The van der Waals surface area contributed by atoms with E-state index in [1.807, 2.05) is 6.07 Å². The van der Waals surface area contributed by atoms with E-state index in [4.69, 9.17) is 51.1 Å². The number of carbonyl (C=O) groups is 2. The van der Waals surface area contributed by atoms with Crippen molar-refractivity contribution >= 4 is 64.4 Å². The van der Waals surface area contributed by atoms with Gasteiger partial charge < -0.3 is 4.74 Å². The molecule has 1 heterocycles. The van der Waals surface area contributed by atoms with Crippen LogP contribution in [0.4, 0.5) is 4.79 Å². The second kappa shape index (κ2) is 10.1. The molecule has 0 atom stereocenters. The average Bonchev–Trinajstić information content (AvgIpc) is 3.05. The molecule has 33 heavy (non-hydrogen) atoms. The van der Waals surface area contributed by atoms with Gasteiger partial charge in [-0.3, -0.25) is 15.0 Å². The molecular weight excluding hydrogens is 506 g/mol. The van der Waals surface area contributed by atoms with Crippen molar-refractivity contribution in [2.75, 3.05) is 0 Å². The molecule has 0 spiro atoms. The minimum Gasteiger partial charge on any atom is -0.489 e. The number of urea groups is 1. The Morgan fingerprint density at radius 2 is 1.39 bits per heavy atom. The summed E-state index contributed by atoms with van der Waals surface area (Å²) < 4.78 is 5.78. The third kappa shape index (κ3) is 5.63. The van der Waals surface area contributed by atoms with E-state index in [-0.39, 0.29) is 12.2 Å². The van der Waals surface area contributed by atoms with Crippen LogP contribution < -0.4 is 10.1 Å². The molecule has 0 saturated carbocycles. The number of imide groups is 1. The highest BCUT2D eigenvalue weighted by Gasteiger charge is 2.33. The molecule has 5 nitrogen and oxygen atoms in total. The Labute approximate surface area is 210 Å². The van der Waals surface area contributed by atoms with Crippen molar-refractivity contribution in [2.24, 2.45) is 0 Å². The number of rotatable bonds is 6. The monoisotopic (exact) mass is 520 g/mol. The molecule has 1 saturated heterocycles. The van der Waals surface area contributed by atoms with E-state index >= 15 is 0 Å². The summed E-state index contributed by atoms with van der Waals surface area (Å²) in [4.78, 5) is 26.0. The van der Waals surface area contributed by atoms with E-state index in [9.17, 15) is 9.59 Å². The summed E-state index contributed by atoms with van der Waals surface area (Å²) in [5.41, 5.74) is 2.59. The van der Waals surface area contributed by atoms with Crippen LogP contribution in [0.3, 0.4) is 0 Å². The van der Waals surface area contributed by atoms with E-state index < -0.39 is 11.9 Å². The predicted molar refractivity (Wildman–Crippen MR) is 131 cm³/mol. The van der Waals surface area contributed by atoms with Gasteiger partial charge >= 0.3 is 6.03 Å². The third-order valence-electron chi connectivity index (χ3n) is 4.89. The van der Waals surface area contributed by atoms with Crippen molar-refractivity contribution in [1.29, 1.82) is 0 Å². The van der Waals surface area contributed by atoms with Crippen molar-refractivity contribution in [2.45, 2.75) is 13.2 Å². The number of amides is 3. The Morgan fingerprint density at radius 3 is 2.03 bits per heavy atom. The molecule has 9 heteroatoms. The van der Waals surface area contributed by atoms with Crippen molar-refractivity contribution in [3.63, 3.8) is 0 Å². The SMILES string of the molecule is O=C1NC(=O)N(Cc2ccc(Cl)c(Cl)c2)/C1=C/c1ccc(OCc2ccc(Cl)c(Cl)c2)cc1.